The van der Waals surface area contributed by atoms with Crippen molar-refractivity contribution in [3.05, 3.63) is 28.8 Å². The highest BCUT2D eigenvalue weighted by Crippen LogP contribution is 2.27. The zero-order chi connectivity index (χ0) is 15.2. The Bertz CT molecular complexity index is 477. The van der Waals surface area contributed by atoms with Gasteiger partial charge < -0.3 is 15.4 Å². The first-order valence-corrected chi connectivity index (χ1v) is 7.87. The first-order chi connectivity index (χ1) is 10.1. The number of hydrogen-bond donors (Lipinski definition) is 2. The van der Waals surface area contributed by atoms with Crippen LogP contribution in [0.25, 0.3) is 0 Å². The van der Waals surface area contributed by atoms with Crippen LogP contribution in [0.3, 0.4) is 0 Å². The number of rotatable bonds is 5. The zero-order valence-corrected chi connectivity index (χ0v) is 13.3. The van der Waals surface area contributed by atoms with Gasteiger partial charge in [0, 0.05) is 13.1 Å². The van der Waals surface area contributed by atoms with Crippen molar-refractivity contribution in [1.29, 1.82) is 0 Å². The van der Waals surface area contributed by atoms with Gasteiger partial charge in [-0.15, -0.1) is 0 Å². The molecule has 0 saturated carbocycles. The molecule has 1 aromatic rings. The molecule has 1 fully saturated rings. The molecular weight excluding hydrogens is 264 g/mol. The lowest BCUT2D eigenvalue weighted by Crippen LogP contribution is -2.36. The molecule has 0 spiro atoms. The van der Waals surface area contributed by atoms with E-state index < -0.39 is 0 Å². The number of nitrogens with one attached hydrogen (secondary N) is 2. The van der Waals surface area contributed by atoms with Crippen LogP contribution in [0, 0.1) is 13.8 Å². The number of hydrogen-bond acceptors (Lipinski definition) is 3. The van der Waals surface area contributed by atoms with Gasteiger partial charge in [0.1, 0.15) is 5.75 Å². The molecule has 0 radical (unpaired) electrons. The molecule has 4 heteroatoms. The molecule has 2 N–H and O–H groups in total. The van der Waals surface area contributed by atoms with E-state index in [1.807, 2.05) is 13.8 Å². The Kier molecular flexibility index (Phi) is 5.62. The summed E-state index contributed by atoms with van der Waals surface area (Å²) in [5, 5.41) is 6.25. The van der Waals surface area contributed by atoms with Gasteiger partial charge in [-0.25, -0.2) is 0 Å². The predicted molar refractivity (Wildman–Crippen MR) is 84.6 cm³/mol. The molecule has 1 aliphatic rings. The van der Waals surface area contributed by atoms with Gasteiger partial charge in [-0.1, -0.05) is 19.1 Å². The van der Waals surface area contributed by atoms with Crippen molar-refractivity contribution >= 4 is 5.91 Å². The van der Waals surface area contributed by atoms with Crippen LogP contribution >= 0.6 is 0 Å². The van der Waals surface area contributed by atoms with Gasteiger partial charge >= 0.3 is 0 Å². The molecule has 1 aromatic carbocycles. The number of ether oxygens (including phenoxy) is 1. The smallest absolute Gasteiger partial charge is 0.261 e. The van der Waals surface area contributed by atoms with Crippen LogP contribution in [0.4, 0.5) is 0 Å². The highest BCUT2D eigenvalue weighted by atomic mass is 16.5. The van der Waals surface area contributed by atoms with Crippen LogP contribution in [-0.2, 0) is 11.3 Å². The second kappa shape index (κ2) is 7.46. The molecule has 2 rings (SSSR count). The minimum absolute atomic E-state index is 0.0167. The van der Waals surface area contributed by atoms with Gasteiger partial charge in [-0.3, -0.25) is 4.79 Å². The Morgan fingerprint density at radius 1 is 1.29 bits per heavy atom. The van der Waals surface area contributed by atoms with Crippen molar-refractivity contribution < 1.29 is 9.53 Å². The Hall–Kier alpha value is -1.55. The summed E-state index contributed by atoms with van der Waals surface area (Å²) in [7, 11) is 0. The Labute approximate surface area is 127 Å². The van der Waals surface area contributed by atoms with Crippen molar-refractivity contribution in [3.63, 3.8) is 0 Å². The SMILES string of the molecule is CCNCc1cc(C)c(OC2CCCCNC2=O)c(C)c1. The molecule has 1 aliphatic heterocycles. The van der Waals surface area contributed by atoms with Crippen molar-refractivity contribution in [3.8, 4) is 5.75 Å². The first kappa shape index (κ1) is 15.8. The van der Waals surface area contributed by atoms with Crippen molar-refractivity contribution in [2.45, 2.75) is 52.7 Å². The second-order valence-electron chi connectivity index (χ2n) is 5.73. The van der Waals surface area contributed by atoms with Crippen LogP contribution in [0.15, 0.2) is 12.1 Å². The van der Waals surface area contributed by atoms with Crippen molar-refractivity contribution in [2.75, 3.05) is 13.1 Å². The Morgan fingerprint density at radius 3 is 2.67 bits per heavy atom. The van der Waals surface area contributed by atoms with Crippen LogP contribution in [0.1, 0.15) is 42.9 Å². The van der Waals surface area contributed by atoms with Gasteiger partial charge in [-0.05, 0) is 56.3 Å². The fourth-order valence-electron chi connectivity index (χ4n) is 2.76. The average molecular weight is 290 g/mol. The summed E-state index contributed by atoms with van der Waals surface area (Å²) >= 11 is 0. The number of aryl methyl sites for hydroxylation is 2. The normalized spacial score (nSPS) is 19.0. The third kappa shape index (κ3) is 4.21. The van der Waals surface area contributed by atoms with Gasteiger partial charge in [0.05, 0.1) is 0 Å². The van der Waals surface area contributed by atoms with E-state index >= 15 is 0 Å². The highest BCUT2D eigenvalue weighted by Gasteiger charge is 2.23. The van der Waals surface area contributed by atoms with E-state index in [0.717, 1.165) is 55.8 Å². The molecule has 0 bridgehead atoms. The lowest BCUT2D eigenvalue weighted by molar-refractivity contribution is -0.127. The van der Waals surface area contributed by atoms with Gasteiger partial charge in [0.25, 0.3) is 5.91 Å². The van der Waals surface area contributed by atoms with E-state index in [2.05, 4.69) is 29.7 Å². The molecule has 116 valence electrons. The molecular formula is C17H26N2O2. The largest absolute Gasteiger partial charge is 0.480 e. The molecule has 1 saturated heterocycles. The summed E-state index contributed by atoms with van der Waals surface area (Å²) in [4.78, 5) is 12.0. The average Bonchev–Trinajstić information content (AvgIpc) is 2.65. The lowest BCUT2D eigenvalue weighted by Gasteiger charge is -2.20. The molecule has 1 amide bonds. The minimum atomic E-state index is -0.357. The maximum Gasteiger partial charge on any atom is 0.261 e. The highest BCUT2D eigenvalue weighted by molar-refractivity contribution is 5.81. The first-order valence-electron chi connectivity index (χ1n) is 7.87. The summed E-state index contributed by atoms with van der Waals surface area (Å²) in [5.74, 6) is 0.875. The molecule has 1 unspecified atom stereocenters. The van der Waals surface area contributed by atoms with Gasteiger partial charge in [0.2, 0.25) is 0 Å². The minimum Gasteiger partial charge on any atom is -0.480 e. The predicted octanol–water partition coefficient (Wildman–Crippen LogP) is 2.46. The molecule has 0 aliphatic carbocycles. The van der Waals surface area contributed by atoms with Crippen molar-refractivity contribution in [2.24, 2.45) is 0 Å². The summed E-state index contributed by atoms with van der Waals surface area (Å²) in [6, 6.07) is 4.28. The number of carbonyl (C=O) groups excluding carboxylic acids is 1. The number of carbonyl (C=O) groups is 1. The molecule has 21 heavy (non-hydrogen) atoms. The van der Waals surface area contributed by atoms with Crippen LogP contribution < -0.4 is 15.4 Å². The maximum atomic E-state index is 12.0. The summed E-state index contributed by atoms with van der Waals surface area (Å²) < 4.78 is 6.04. The summed E-state index contributed by atoms with van der Waals surface area (Å²) in [6.07, 6.45) is 2.50. The van der Waals surface area contributed by atoms with Gasteiger partial charge in [-0.2, -0.15) is 0 Å². The van der Waals surface area contributed by atoms with Crippen LogP contribution in [0.2, 0.25) is 0 Å². The quantitative estimate of drug-likeness (QED) is 0.876. The summed E-state index contributed by atoms with van der Waals surface area (Å²) in [5.41, 5.74) is 3.45. The molecule has 0 aromatic heterocycles. The topological polar surface area (TPSA) is 50.4 Å². The van der Waals surface area contributed by atoms with E-state index in [4.69, 9.17) is 4.74 Å². The molecule has 4 nitrogen and oxygen atoms in total. The third-order valence-corrected chi connectivity index (χ3v) is 3.84. The molecule has 1 atom stereocenters. The monoisotopic (exact) mass is 290 g/mol. The summed E-state index contributed by atoms with van der Waals surface area (Å²) in [6.45, 7) is 8.78. The van der Waals surface area contributed by atoms with Gasteiger partial charge in [0.15, 0.2) is 6.10 Å². The zero-order valence-electron chi connectivity index (χ0n) is 13.3. The van der Waals surface area contributed by atoms with Crippen LogP contribution in [-0.4, -0.2) is 25.1 Å². The standard InChI is InChI=1S/C17H26N2O2/c1-4-18-11-14-9-12(2)16(13(3)10-14)21-15-7-5-6-8-19-17(15)20/h9-10,15,18H,4-8,11H2,1-3H3,(H,19,20). The van der Waals surface area contributed by atoms with E-state index in [1.54, 1.807) is 0 Å². The number of benzene rings is 1. The van der Waals surface area contributed by atoms with Crippen LogP contribution in [0.5, 0.6) is 5.75 Å². The Balaban J connectivity index is 2.13. The fourth-order valence-corrected chi connectivity index (χ4v) is 2.76. The number of amides is 1. The van der Waals surface area contributed by atoms with E-state index in [-0.39, 0.29) is 12.0 Å². The second-order valence-corrected chi connectivity index (χ2v) is 5.73. The fraction of sp³-hybridized carbons (Fsp3) is 0.588. The van der Waals surface area contributed by atoms with E-state index in [9.17, 15) is 4.79 Å². The maximum absolute atomic E-state index is 12.0. The Morgan fingerprint density at radius 2 is 2.00 bits per heavy atom. The van der Waals surface area contributed by atoms with E-state index in [0.29, 0.717) is 0 Å². The lowest BCUT2D eigenvalue weighted by atomic mass is 10.0. The van der Waals surface area contributed by atoms with Crippen molar-refractivity contribution in [1.82, 2.24) is 10.6 Å². The third-order valence-electron chi connectivity index (χ3n) is 3.84. The van der Waals surface area contributed by atoms with E-state index in [1.165, 1.54) is 5.56 Å². The molecule has 1 heterocycles.